The summed E-state index contributed by atoms with van der Waals surface area (Å²) in [4.78, 5) is 25.3. The third-order valence-electron chi connectivity index (χ3n) is 5.48. The van der Waals surface area contributed by atoms with Crippen molar-refractivity contribution < 1.29 is 9.72 Å². The van der Waals surface area contributed by atoms with Gasteiger partial charge >= 0.3 is 0 Å². The Labute approximate surface area is 177 Å². The molecular weight excluding hydrogens is 440 g/mol. The number of nitro groups is 1. The summed E-state index contributed by atoms with van der Waals surface area (Å²) in [5, 5.41) is 14.7. The standard InChI is InChI=1S/C21H23BrN2O3S/c1-13-4-3-5-18(14(13)2)23-21(25)15-6-11-20(19(12-15)24(26)27)28-17-9-7-16(22)8-10-17/h6-14,18H,3-5H2,1-2H3,(H,23,25). The molecule has 0 aliphatic heterocycles. The van der Waals surface area contributed by atoms with Crippen LogP contribution in [0.5, 0.6) is 0 Å². The fourth-order valence-electron chi connectivity index (χ4n) is 3.55. The molecule has 1 N–H and O–H groups in total. The van der Waals surface area contributed by atoms with Crippen molar-refractivity contribution in [1.82, 2.24) is 5.32 Å². The number of amides is 1. The lowest BCUT2D eigenvalue weighted by atomic mass is 9.78. The van der Waals surface area contributed by atoms with E-state index in [1.165, 1.54) is 24.2 Å². The van der Waals surface area contributed by atoms with Crippen LogP contribution in [0.3, 0.4) is 0 Å². The summed E-state index contributed by atoms with van der Waals surface area (Å²) < 4.78 is 0.949. The van der Waals surface area contributed by atoms with E-state index in [0.717, 1.165) is 22.2 Å². The van der Waals surface area contributed by atoms with Crippen LogP contribution in [-0.2, 0) is 0 Å². The lowest BCUT2D eigenvalue weighted by molar-refractivity contribution is -0.387. The maximum Gasteiger partial charge on any atom is 0.284 e. The lowest BCUT2D eigenvalue weighted by Crippen LogP contribution is -2.43. The average Bonchev–Trinajstić information content (AvgIpc) is 2.67. The zero-order valence-electron chi connectivity index (χ0n) is 15.9. The Kier molecular flexibility index (Phi) is 6.78. The van der Waals surface area contributed by atoms with E-state index in [9.17, 15) is 14.9 Å². The molecule has 28 heavy (non-hydrogen) atoms. The number of nitrogens with zero attached hydrogens (tertiary/aromatic N) is 1. The van der Waals surface area contributed by atoms with Gasteiger partial charge in [-0.2, -0.15) is 0 Å². The molecule has 3 unspecified atom stereocenters. The van der Waals surface area contributed by atoms with Gasteiger partial charge in [0.05, 0.1) is 9.82 Å². The van der Waals surface area contributed by atoms with Gasteiger partial charge < -0.3 is 5.32 Å². The molecule has 0 saturated heterocycles. The number of nitro benzene ring substituents is 1. The van der Waals surface area contributed by atoms with E-state index < -0.39 is 4.92 Å². The monoisotopic (exact) mass is 462 g/mol. The molecule has 2 aromatic carbocycles. The van der Waals surface area contributed by atoms with Crippen LogP contribution in [0.2, 0.25) is 0 Å². The first kappa shape index (κ1) is 20.9. The Balaban J connectivity index is 1.79. The Morgan fingerprint density at radius 2 is 1.89 bits per heavy atom. The molecule has 3 rings (SSSR count). The fourth-order valence-corrected chi connectivity index (χ4v) is 4.72. The van der Waals surface area contributed by atoms with Gasteiger partial charge in [-0.3, -0.25) is 14.9 Å². The first-order valence-corrected chi connectivity index (χ1v) is 11.0. The highest BCUT2D eigenvalue weighted by Gasteiger charge is 2.29. The van der Waals surface area contributed by atoms with Crippen LogP contribution in [0.15, 0.2) is 56.7 Å². The molecule has 0 heterocycles. The van der Waals surface area contributed by atoms with Crippen LogP contribution in [0.4, 0.5) is 5.69 Å². The number of nitrogens with one attached hydrogen (secondary N) is 1. The van der Waals surface area contributed by atoms with Crippen molar-refractivity contribution >= 4 is 39.3 Å². The molecule has 1 amide bonds. The molecule has 7 heteroatoms. The lowest BCUT2D eigenvalue weighted by Gasteiger charge is -2.34. The Hall–Kier alpha value is -1.86. The Bertz CT molecular complexity index is 872. The second-order valence-electron chi connectivity index (χ2n) is 7.34. The minimum atomic E-state index is -0.427. The third kappa shape index (κ3) is 4.94. The summed E-state index contributed by atoms with van der Waals surface area (Å²) in [6.07, 6.45) is 3.23. The molecule has 2 aromatic rings. The Morgan fingerprint density at radius 1 is 1.18 bits per heavy atom. The molecule has 1 saturated carbocycles. The number of halogens is 1. The highest BCUT2D eigenvalue weighted by molar-refractivity contribution is 9.10. The molecule has 3 atom stereocenters. The number of rotatable bonds is 5. The van der Waals surface area contributed by atoms with Crippen LogP contribution in [0, 0.1) is 22.0 Å². The van der Waals surface area contributed by atoms with Crippen molar-refractivity contribution in [3.8, 4) is 0 Å². The normalized spacial score (nSPS) is 21.9. The van der Waals surface area contributed by atoms with Crippen molar-refractivity contribution in [3.05, 3.63) is 62.6 Å². The molecule has 0 radical (unpaired) electrons. The minimum absolute atomic E-state index is 0.0503. The quantitative estimate of drug-likeness (QED) is 0.432. The van der Waals surface area contributed by atoms with Crippen molar-refractivity contribution in [3.63, 3.8) is 0 Å². The van der Waals surface area contributed by atoms with Crippen LogP contribution >= 0.6 is 27.7 Å². The number of carbonyl (C=O) groups is 1. The van der Waals surface area contributed by atoms with Crippen LogP contribution in [0.1, 0.15) is 43.5 Å². The van der Waals surface area contributed by atoms with Gasteiger partial charge in [0.1, 0.15) is 0 Å². The summed E-state index contributed by atoms with van der Waals surface area (Å²) in [5.41, 5.74) is 0.280. The van der Waals surface area contributed by atoms with Crippen molar-refractivity contribution in [2.45, 2.75) is 48.9 Å². The highest BCUT2D eigenvalue weighted by atomic mass is 79.9. The van der Waals surface area contributed by atoms with E-state index in [2.05, 4.69) is 35.1 Å². The summed E-state index contributed by atoms with van der Waals surface area (Å²) >= 11 is 4.69. The van der Waals surface area contributed by atoms with Gasteiger partial charge in [-0.15, -0.1) is 0 Å². The van der Waals surface area contributed by atoms with E-state index in [1.807, 2.05) is 24.3 Å². The maximum absolute atomic E-state index is 12.7. The fraction of sp³-hybridized carbons (Fsp3) is 0.381. The molecule has 5 nitrogen and oxygen atoms in total. The molecular formula is C21H23BrN2O3S. The van der Waals surface area contributed by atoms with Crippen molar-refractivity contribution in [2.24, 2.45) is 11.8 Å². The van der Waals surface area contributed by atoms with Gasteiger partial charge in [0.2, 0.25) is 0 Å². The summed E-state index contributed by atoms with van der Waals surface area (Å²) in [5.74, 6) is 0.729. The highest BCUT2D eigenvalue weighted by Crippen LogP contribution is 2.36. The zero-order chi connectivity index (χ0) is 20.3. The number of benzene rings is 2. The summed E-state index contributed by atoms with van der Waals surface area (Å²) in [6, 6.07) is 12.4. The number of hydrogen-bond acceptors (Lipinski definition) is 4. The van der Waals surface area contributed by atoms with Crippen molar-refractivity contribution in [2.75, 3.05) is 0 Å². The van der Waals surface area contributed by atoms with Gasteiger partial charge in [0.15, 0.2) is 0 Å². The van der Waals surface area contributed by atoms with E-state index in [1.54, 1.807) is 12.1 Å². The molecule has 148 valence electrons. The molecule has 1 aliphatic rings. The van der Waals surface area contributed by atoms with Crippen molar-refractivity contribution in [1.29, 1.82) is 0 Å². The van der Waals surface area contributed by atoms with E-state index in [0.29, 0.717) is 22.3 Å². The molecule has 1 fully saturated rings. The topological polar surface area (TPSA) is 72.2 Å². The van der Waals surface area contributed by atoms with Crippen LogP contribution in [-0.4, -0.2) is 16.9 Å². The van der Waals surface area contributed by atoms with E-state index in [-0.39, 0.29) is 17.6 Å². The molecule has 0 bridgehead atoms. The zero-order valence-corrected chi connectivity index (χ0v) is 18.3. The predicted molar refractivity (Wildman–Crippen MR) is 115 cm³/mol. The first-order valence-electron chi connectivity index (χ1n) is 9.38. The van der Waals surface area contributed by atoms with Gasteiger partial charge in [0, 0.05) is 27.0 Å². The van der Waals surface area contributed by atoms with Gasteiger partial charge in [-0.1, -0.05) is 54.4 Å². The predicted octanol–water partition coefficient (Wildman–Crippen LogP) is 6.06. The summed E-state index contributed by atoms with van der Waals surface area (Å²) in [7, 11) is 0. The molecule has 1 aliphatic carbocycles. The van der Waals surface area contributed by atoms with E-state index in [4.69, 9.17) is 0 Å². The van der Waals surface area contributed by atoms with Crippen LogP contribution in [0.25, 0.3) is 0 Å². The smallest absolute Gasteiger partial charge is 0.284 e. The van der Waals surface area contributed by atoms with Gasteiger partial charge in [-0.25, -0.2) is 0 Å². The second kappa shape index (κ2) is 9.09. The van der Waals surface area contributed by atoms with Gasteiger partial charge in [-0.05, 0) is 54.7 Å². The third-order valence-corrected chi connectivity index (χ3v) is 7.08. The number of carbonyl (C=O) groups excluding carboxylic acids is 1. The Morgan fingerprint density at radius 3 is 2.57 bits per heavy atom. The molecule has 0 aromatic heterocycles. The average molecular weight is 463 g/mol. The first-order chi connectivity index (χ1) is 13.3. The van der Waals surface area contributed by atoms with E-state index >= 15 is 0 Å². The molecule has 0 spiro atoms. The van der Waals surface area contributed by atoms with Crippen LogP contribution < -0.4 is 5.32 Å². The largest absolute Gasteiger partial charge is 0.349 e. The summed E-state index contributed by atoms with van der Waals surface area (Å²) in [6.45, 7) is 4.37. The second-order valence-corrected chi connectivity index (χ2v) is 9.37. The maximum atomic E-state index is 12.7. The minimum Gasteiger partial charge on any atom is -0.349 e. The SMILES string of the molecule is CC1CCCC(NC(=O)c2ccc(Sc3ccc(Br)cc3)c([N+](=O)[O-])c2)C1C. The van der Waals surface area contributed by atoms with Gasteiger partial charge in [0.25, 0.3) is 11.6 Å². The number of hydrogen-bond donors (Lipinski definition) is 1.